The predicted molar refractivity (Wildman–Crippen MR) is 60.4 cm³/mol. The van der Waals surface area contributed by atoms with Crippen LogP contribution < -0.4 is 10.1 Å². The van der Waals surface area contributed by atoms with Gasteiger partial charge in [-0.25, -0.2) is 9.97 Å². The maximum atomic E-state index is 5.69. The average molecular weight is 218 g/mol. The standard InChI is InChI=1S/C11H14N4O/c1-3-13-10-9(1)11(15-7-14-10)16-4-2-8-5-12-6-8/h1,3,7-8,12H,2,4-6H2,(H,13,14,15). The maximum Gasteiger partial charge on any atom is 0.226 e. The smallest absolute Gasteiger partial charge is 0.226 e. The highest BCUT2D eigenvalue weighted by Gasteiger charge is 2.16. The molecule has 2 aromatic rings. The van der Waals surface area contributed by atoms with Gasteiger partial charge in [0.1, 0.15) is 12.0 Å². The molecule has 0 saturated carbocycles. The van der Waals surface area contributed by atoms with Crippen LogP contribution in [0.1, 0.15) is 6.42 Å². The van der Waals surface area contributed by atoms with Gasteiger partial charge >= 0.3 is 0 Å². The van der Waals surface area contributed by atoms with Crippen LogP contribution in [0.3, 0.4) is 0 Å². The third-order valence-electron chi connectivity index (χ3n) is 2.95. The van der Waals surface area contributed by atoms with E-state index in [1.54, 1.807) is 0 Å². The number of aromatic nitrogens is 3. The maximum absolute atomic E-state index is 5.69. The normalized spacial score (nSPS) is 16.2. The summed E-state index contributed by atoms with van der Waals surface area (Å²) in [6.45, 7) is 2.96. The van der Waals surface area contributed by atoms with Crippen molar-refractivity contribution < 1.29 is 4.74 Å². The Morgan fingerprint density at radius 2 is 2.31 bits per heavy atom. The average Bonchev–Trinajstić information content (AvgIpc) is 2.70. The van der Waals surface area contributed by atoms with Crippen LogP contribution in [0, 0.1) is 5.92 Å². The van der Waals surface area contributed by atoms with E-state index in [-0.39, 0.29) is 0 Å². The third-order valence-corrected chi connectivity index (χ3v) is 2.95. The third kappa shape index (κ3) is 1.74. The van der Waals surface area contributed by atoms with Gasteiger partial charge < -0.3 is 15.0 Å². The van der Waals surface area contributed by atoms with Crippen LogP contribution in [-0.4, -0.2) is 34.6 Å². The molecule has 0 unspecified atom stereocenters. The van der Waals surface area contributed by atoms with Crippen LogP contribution in [0.25, 0.3) is 11.0 Å². The molecule has 1 aliphatic heterocycles. The first-order chi connectivity index (χ1) is 7.93. The van der Waals surface area contributed by atoms with Crippen molar-refractivity contribution in [3.05, 3.63) is 18.6 Å². The number of H-pyrrole nitrogens is 1. The summed E-state index contributed by atoms with van der Waals surface area (Å²) in [5, 5.41) is 4.20. The van der Waals surface area contributed by atoms with Gasteiger partial charge in [0.05, 0.1) is 12.0 Å². The number of nitrogens with one attached hydrogen (secondary N) is 2. The summed E-state index contributed by atoms with van der Waals surface area (Å²) in [6, 6.07) is 1.94. The Bertz CT molecular complexity index is 478. The van der Waals surface area contributed by atoms with E-state index in [1.807, 2.05) is 12.3 Å². The Balaban J connectivity index is 1.66. The summed E-state index contributed by atoms with van der Waals surface area (Å²) >= 11 is 0. The minimum atomic E-state index is 0.679. The number of fused-ring (bicyclic) bond motifs is 1. The van der Waals surface area contributed by atoms with Gasteiger partial charge in [0.25, 0.3) is 0 Å². The van der Waals surface area contributed by atoms with Crippen molar-refractivity contribution in [3.63, 3.8) is 0 Å². The fourth-order valence-electron chi connectivity index (χ4n) is 1.84. The minimum Gasteiger partial charge on any atom is -0.477 e. The predicted octanol–water partition coefficient (Wildman–Crippen LogP) is 0.946. The molecule has 0 radical (unpaired) electrons. The van der Waals surface area contributed by atoms with Crippen molar-refractivity contribution in [2.45, 2.75) is 6.42 Å². The van der Waals surface area contributed by atoms with E-state index < -0.39 is 0 Å². The van der Waals surface area contributed by atoms with Gasteiger partial charge in [-0.05, 0) is 31.5 Å². The fraction of sp³-hybridized carbons (Fsp3) is 0.455. The van der Waals surface area contributed by atoms with E-state index in [9.17, 15) is 0 Å². The van der Waals surface area contributed by atoms with Crippen molar-refractivity contribution in [1.29, 1.82) is 0 Å². The van der Waals surface area contributed by atoms with E-state index >= 15 is 0 Å². The molecule has 16 heavy (non-hydrogen) atoms. The number of aromatic amines is 1. The molecule has 0 aliphatic carbocycles. The highest BCUT2D eigenvalue weighted by atomic mass is 16.5. The second kappa shape index (κ2) is 4.09. The lowest BCUT2D eigenvalue weighted by Crippen LogP contribution is -2.42. The van der Waals surface area contributed by atoms with Gasteiger partial charge in [-0.2, -0.15) is 0 Å². The van der Waals surface area contributed by atoms with Crippen LogP contribution in [0.4, 0.5) is 0 Å². The van der Waals surface area contributed by atoms with E-state index in [1.165, 1.54) is 6.33 Å². The Labute approximate surface area is 93.2 Å². The zero-order chi connectivity index (χ0) is 10.8. The first kappa shape index (κ1) is 9.59. The minimum absolute atomic E-state index is 0.679. The zero-order valence-electron chi connectivity index (χ0n) is 8.94. The quantitative estimate of drug-likeness (QED) is 0.802. The molecule has 5 heteroatoms. The van der Waals surface area contributed by atoms with Crippen molar-refractivity contribution in [2.75, 3.05) is 19.7 Å². The van der Waals surface area contributed by atoms with Gasteiger partial charge in [-0.3, -0.25) is 0 Å². The molecule has 3 heterocycles. The summed E-state index contributed by atoms with van der Waals surface area (Å²) in [6.07, 6.45) is 4.46. The summed E-state index contributed by atoms with van der Waals surface area (Å²) < 4.78 is 5.69. The van der Waals surface area contributed by atoms with Gasteiger partial charge in [0, 0.05) is 6.20 Å². The molecule has 1 aliphatic rings. The molecule has 0 bridgehead atoms. The van der Waals surface area contributed by atoms with Crippen LogP contribution in [0.5, 0.6) is 5.88 Å². The van der Waals surface area contributed by atoms with Gasteiger partial charge in [0.2, 0.25) is 5.88 Å². The first-order valence-corrected chi connectivity index (χ1v) is 5.55. The monoisotopic (exact) mass is 218 g/mol. The van der Waals surface area contributed by atoms with Crippen molar-refractivity contribution in [3.8, 4) is 5.88 Å². The lowest BCUT2D eigenvalue weighted by Gasteiger charge is -2.26. The fourth-order valence-corrected chi connectivity index (χ4v) is 1.84. The van der Waals surface area contributed by atoms with E-state index in [0.29, 0.717) is 5.88 Å². The van der Waals surface area contributed by atoms with Crippen molar-refractivity contribution in [2.24, 2.45) is 5.92 Å². The Kier molecular flexibility index (Phi) is 2.46. The number of hydrogen-bond acceptors (Lipinski definition) is 4. The Hall–Kier alpha value is -1.62. The molecular formula is C11H14N4O. The summed E-state index contributed by atoms with van der Waals surface area (Å²) in [4.78, 5) is 11.3. The molecular weight excluding hydrogens is 204 g/mol. The first-order valence-electron chi connectivity index (χ1n) is 5.55. The Morgan fingerprint density at radius 1 is 1.38 bits per heavy atom. The molecule has 2 aromatic heterocycles. The lowest BCUT2D eigenvalue weighted by molar-refractivity contribution is 0.234. The van der Waals surface area contributed by atoms with Crippen LogP contribution in [0.2, 0.25) is 0 Å². The highest BCUT2D eigenvalue weighted by molar-refractivity contribution is 5.80. The summed E-state index contributed by atoms with van der Waals surface area (Å²) in [5.74, 6) is 1.45. The van der Waals surface area contributed by atoms with Crippen LogP contribution in [0.15, 0.2) is 18.6 Å². The lowest BCUT2D eigenvalue weighted by atomic mass is 10.0. The van der Waals surface area contributed by atoms with Gasteiger partial charge in [-0.15, -0.1) is 0 Å². The van der Waals surface area contributed by atoms with Crippen LogP contribution >= 0.6 is 0 Å². The molecule has 2 N–H and O–H groups in total. The molecule has 84 valence electrons. The molecule has 0 atom stereocenters. The van der Waals surface area contributed by atoms with Crippen molar-refractivity contribution >= 4 is 11.0 Å². The number of hydrogen-bond donors (Lipinski definition) is 2. The van der Waals surface area contributed by atoms with Crippen LogP contribution in [-0.2, 0) is 0 Å². The number of rotatable bonds is 4. The SMILES string of the molecule is c1nc(OCCC2CNC2)c2cc[nH]c2n1. The van der Waals surface area contributed by atoms with E-state index in [0.717, 1.165) is 43.1 Å². The summed E-state index contributed by atoms with van der Waals surface area (Å²) in [5.41, 5.74) is 0.829. The molecule has 5 nitrogen and oxygen atoms in total. The van der Waals surface area contributed by atoms with Gasteiger partial charge in [0.15, 0.2) is 0 Å². The summed E-state index contributed by atoms with van der Waals surface area (Å²) in [7, 11) is 0. The number of nitrogens with zero attached hydrogens (tertiary/aromatic N) is 2. The second-order valence-corrected chi connectivity index (χ2v) is 4.08. The second-order valence-electron chi connectivity index (χ2n) is 4.08. The van der Waals surface area contributed by atoms with Crippen molar-refractivity contribution in [1.82, 2.24) is 20.3 Å². The topological polar surface area (TPSA) is 62.8 Å². The van der Waals surface area contributed by atoms with Gasteiger partial charge in [-0.1, -0.05) is 0 Å². The largest absolute Gasteiger partial charge is 0.477 e. The Morgan fingerprint density at radius 3 is 3.12 bits per heavy atom. The molecule has 0 amide bonds. The molecule has 0 aromatic carbocycles. The zero-order valence-corrected chi connectivity index (χ0v) is 8.94. The highest BCUT2D eigenvalue weighted by Crippen LogP contribution is 2.20. The number of ether oxygens (including phenoxy) is 1. The molecule has 3 rings (SSSR count). The van der Waals surface area contributed by atoms with E-state index in [2.05, 4.69) is 20.3 Å². The van der Waals surface area contributed by atoms with E-state index in [4.69, 9.17) is 4.74 Å². The molecule has 1 saturated heterocycles. The molecule has 1 fully saturated rings. The molecule has 0 spiro atoms.